The van der Waals surface area contributed by atoms with Crippen LogP contribution in [-0.2, 0) is 0 Å². The van der Waals surface area contributed by atoms with E-state index in [1.54, 1.807) is 10.7 Å². The van der Waals surface area contributed by atoms with Crippen molar-refractivity contribution in [3.63, 3.8) is 0 Å². The highest BCUT2D eigenvalue weighted by Crippen LogP contribution is 2.39. The maximum Gasteiger partial charge on any atom is 0.255 e. The number of ether oxygens (including phenoxy) is 1. The van der Waals surface area contributed by atoms with Crippen LogP contribution in [0.2, 0.25) is 0 Å². The summed E-state index contributed by atoms with van der Waals surface area (Å²) in [5.74, 6) is -0.595. The van der Waals surface area contributed by atoms with Crippen molar-refractivity contribution in [2.45, 2.75) is 56.4 Å². The lowest BCUT2D eigenvalue weighted by Crippen LogP contribution is -2.32. The number of aromatic nitrogens is 4. The Morgan fingerprint density at radius 3 is 2.64 bits per heavy atom. The van der Waals surface area contributed by atoms with Crippen LogP contribution in [0.15, 0.2) is 18.3 Å². The van der Waals surface area contributed by atoms with Gasteiger partial charge in [0.25, 0.3) is 5.95 Å². The van der Waals surface area contributed by atoms with Crippen LogP contribution in [0.4, 0.5) is 14.6 Å². The molecule has 2 fully saturated rings. The molecule has 2 aromatic rings. The molecule has 2 aromatic heterocycles. The van der Waals surface area contributed by atoms with Gasteiger partial charge >= 0.3 is 0 Å². The Kier molecular flexibility index (Phi) is 4.05. The first-order chi connectivity index (χ1) is 12.0. The summed E-state index contributed by atoms with van der Waals surface area (Å²) in [6.45, 7) is 0. The van der Waals surface area contributed by atoms with Crippen LogP contribution in [0.25, 0.3) is 5.95 Å². The van der Waals surface area contributed by atoms with E-state index in [-0.39, 0.29) is 18.9 Å². The Balaban J connectivity index is 1.53. The van der Waals surface area contributed by atoms with Crippen molar-refractivity contribution in [1.29, 1.82) is 0 Å². The number of alkyl halides is 2. The molecule has 0 spiro atoms. The van der Waals surface area contributed by atoms with E-state index in [0.717, 1.165) is 5.69 Å². The van der Waals surface area contributed by atoms with E-state index in [0.29, 0.717) is 36.4 Å². The van der Waals surface area contributed by atoms with Gasteiger partial charge in [0.05, 0.1) is 12.8 Å². The maximum atomic E-state index is 13.3. The SMILES string of the molecule is COc1cc(NC2CCC(F)(F)CC2)nc(-n2ccc(C3CC3)n2)n1. The number of nitrogens with zero attached hydrogens (tertiary/aromatic N) is 4. The number of methoxy groups -OCH3 is 1. The van der Waals surface area contributed by atoms with E-state index < -0.39 is 5.92 Å². The second-order valence-corrected chi connectivity index (χ2v) is 6.83. The lowest BCUT2D eigenvalue weighted by molar-refractivity contribution is -0.0361. The van der Waals surface area contributed by atoms with Gasteiger partial charge in [0.1, 0.15) is 5.82 Å². The fourth-order valence-electron chi connectivity index (χ4n) is 3.13. The molecule has 2 saturated carbocycles. The Morgan fingerprint density at radius 2 is 1.96 bits per heavy atom. The quantitative estimate of drug-likeness (QED) is 0.894. The van der Waals surface area contributed by atoms with Gasteiger partial charge in [-0.1, -0.05) is 0 Å². The van der Waals surface area contributed by atoms with Gasteiger partial charge in [0, 0.05) is 37.1 Å². The molecule has 0 aliphatic heterocycles. The zero-order valence-corrected chi connectivity index (χ0v) is 14.1. The molecule has 2 aliphatic carbocycles. The second kappa shape index (κ2) is 6.24. The zero-order valence-electron chi connectivity index (χ0n) is 14.1. The molecular formula is C17H21F2N5O. The molecule has 8 heteroatoms. The Bertz CT molecular complexity index is 749. The number of hydrogen-bond acceptors (Lipinski definition) is 5. The van der Waals surface area contributed by atoms with Crippen LogP contribution in [0.5, 0.6) is 5.88 Å². The van der Waals surface area contributed by atoms with Crippen molar-refractivity contribution in [2.75, 3.05) is 12.4 Å². The van der Waals surface area contributed by atoms with Gasteiger partial charge in [0.15, 0.2) is 0 Å². The first-order valence-corrected chi connectivity index (χ1v) is 8.66. The topological polar surface area (TPSA) is 64.9 Å². The van der Waals surface area contributed by atoms with Crippen LogP contribution in [0.3, 0.4) is 0 Å². The largest absolute Gasteiger partial charge is 0.481 e. The Hall–Kier alpha value is -2.25. The first kappa shape index (κ1) is 16.2. The van der Waals surface area contributed by atoms with Crippen LogP contribution in [-0.4, -0.2) is 38.8 Å². The summed E-state index contributed by atoms with van der Waals surface area (Å²) >= 11 is 0. The summed E-state index contributed by atoms with van der Waals surface area (Å²) in [4.78, 5) is 8.82. The molecule has 0 amide bonds. The van der Waals surface area contributed by atoms with Crippen LogP contribution in [0.1, 0.15) is 50.1 Å². The third kappa shape index (κ3) is 3.72. The fourth-order valence-corrected chi connectivity index (χ4v) is 3.13. The molecule has 0 unspecified atom stereocenters. The molecule has 4 rings (SSSR count). The van der Waals surface area contributed by atoms with E-state index in [1.165, 1.54) is 20.0 Å². The Morgan fingerprint density at radius 1 is 1.20 bits per heavy atom. The van der Waals surface area contributed by atoms with Crippen LogP contribution < -0.4 is 10.1 Å². The minimum atomic E-state index is -2.54. The molecule has 2 heterocycles. The first-order valence-electron chi connectivity index (χ1n) is 8.66. The number of halogens is 2. The monoisotopic (exact) mass is 349 g/mol. The summed E-state index contributed by atoms with van der Waals surface area (Å²) in [6.07, 6.45) is 4.84. The molecule has 134 valence electrons. The van der Waals surface area contributed by atoms with Gasteiger partial charge in [-0.3, -0.25) is 0 Å². The lowest BCUT2D eigenvalue weighted by Gasteiger charge is -2.29. The normalized spacial score (nSPS) is 20.4. The average molecular weight is 349 g/mol. The van der Waals surface area contributed by atoms with E-state index in [4.69, 9.17) is 4.74 Å². The molecule has 0 bridgehead atoms. The van der Waals surface area contributed by atoms with Gasteiger partial charge < -0.3 is 10.1 Å². The minimum absolute atomic E-state index is 0.0215. The minimum Gasteiger partial charge on any atom is -0.481 e. The number of anilines is 1. The van der Waals surface area contributed by atoms with Crippen molar-refractivity contribution in [1.82, 2.24) is 19.7 Å². The third-order valence-electron chi connectivity index (χ3n) is 4.78. The number of nitrogens with one attached hydrogen (secondary N) is 1. The maximum absolute atomic E-state index is 13.3. The summed E-state index contributed by atoms with van der Waals surface area (Å²) in [5, 5.41) is 7.77. The summed E-state index contributed by atoms with van der Waals surface area (Å²) < 4.78 is 33.5. The van der Waals surface area contributed by atoms with E-state index >= 15 is 0 Å². The standard InChI is InChI=1S/C17H21F2N5O/c1-25-15-10-14(20-12-4-7-17(18,19)8-5-12)21-16(22-15)24-9-6-13(23-24)11-2-3-11/h6,9-12H,2-5,7-8H2,1H3,(H,20,21,22). The molecule has 2 aliphatic rings. The lowest BCUT2D eigenvalue weighted by atomic mass is 9.92. The Labute approximate surface area is 144 Å². The number of hydrogen-bond donors (Lipinski definition) is 1. The van der Waals surface area contributed by atoms with Gasteiger partial charge in [-0.05, 0) is 31.7 Å². The summed E-state index contributed by atoms with van der Waals surface area (Å²) in [6, 6.07) is 3.64. The predicted molar refractivity (Wildman–Crippen MR) is 88.5 cm³/mol. The van der Waals surface area contributed by atoms with Gasteiger partial charge in [0.2, 0.25) is 11.8 Å². The molecule has 1 N–H and O–H groups in total. The molecule has 25 heavy (non-hydrogen) atoms. The van der Waals surface area contributed by atoms with Gasteiger partial charge in [-0.2, -0.15) is 15.1 Å². The predicted octanol–water partition coefficient (Wildman–Crippen LogP) is 3.54. The molecule has 0 aromatic carbocycles. The van der Waals surface area contributed by atoms with Crippen molar-refractivity contribution in [2.24, 2.45) is 0 Å². The third-order valence-corrected chi connectivity index (χ3v) is 4.78. The second-order valence-electron chi connectivity index (χ2n) is 6.83. The van der Waals surface area contributed by atoms with Crippen LogP contribution in [0, 0.1) is 0 Å². The van der Waals surface area contributed by atoms with Crippen molar-refractivity contribution < 1.29 is 13.5 Å². The van der Waals surface area contributed by atoms with Gasteiger partial charge in [-0.25, -0.2) is 13.5 Å². The highest BCUT2D eigenvalue weighted by atomic mass is 19.3. The highest BCUT2D eigenvalue weighted by molar-refractivity contribution is 5.42. The van der Waals surface area contributed by atoms with Crippen LogP contribution >= 0.6 is 0 Å². The van der Waals surface area contributed by atoms with Gasteiger partial charge in [-0.15, -0.1) is 0 Å². The number of rotatable bonds is 5. The zero-order chi connectivity index (χ0) is 17.4. The van der Waals surface area contributed by atoms with E-state index in [1.807, 2.05) is 12.3 Å². The van der Waals surface area contributed by atoms with Crippen molar-refractivity contribution >= 4 is 5.82 Å². The van der Waals surface area contributed by atoms with Crippen molar-refractivity contribution in [3.05, 3.63) is 24.0 Å². The molecular weight excluding hydrogens is 328 g/mol. The molecule has 0 saturated heterocycles. The molecule has 0 atom stereocenters. The molecule has 0 radical (unpaired) electrons. The highest BCUT2D eigenvalue weighted by Gasteiger charge is 2.35. The average Bonchev–Trinajstić information content (AvgIpc) is 3.33. The van der Waals surface area contributed by atoms with E-state index in [2.05, 4.69) is 20.4 Å². The fraction of sp³-hybridized carbons (Fsp3) is 0.588. The molecule has 6 nitrogen and oxygen atoms in total. The summed E-state index contributed by atoms with van der Waals surface area (Å²) in [5.41, 5.74) is 1.05. The van der Waals surface area contributed by atoms with E-state index in [9.17, 15) is 8.78 Å². The smallest absolute Gasteiger partial charge is 0.255 e. The summed E-state index contributed by atoms with van der Waals surface area (Å²) in [7, 11) is 1.54. The van der Waals surface area contributed by atoms with Crippen molar-refractivity contribution in [3.8, 4) is 11.8 Å².